The summed E-state index contributed by atoms with van der Waals surface area (Å²) in [5.41, 5.74) is 0. The van der Waals surface area contributed by atoms with Crippen molar-refractivity contribution in [2.45, 2.75) is 323 Å². The minimum Gasteiger partial charge on any atom is -0.0654 e. The van der Waals surface area contributed by atoms with E-state index in [0.717, 1.165) is 5.92 Å². The molecular weight excluding hydrogens is 613 g/mol. The molecule has 0 fully saturated rings. The quantitative estimate of drug-likeness (QED) is 0.0550. The fourth-order valence-corrected chi connectivity index (χ4v) is 8.75. The van der Waals surface area contributed by atoms with Gasteiger partial charge in [-0.1, -0.05) is 323 Å². The molecule has 0 heterocycles. The van der Waals surface area contributed by atoms with Crippen LogP contribution in [0, 0.1) is 5.92 Å². The normalized spacial score (nSPS) is 12.3. The lowest BCUT2D eigenvalue weighted by molar-refractivity contribution is 0.376. The van der Waals surface area contributed by atoms with E-state index in [0.29, 0.717) is 0 Å². The van der Waals surface area contributed by atoms with E-state index in [2.05, 4.69) is 20.8 Å². The molecule has 0 radical (unpaired) electrons. The maximum Gasteiger partial charge on any atom is -0.0414 e. The van der Waals surface area contributed by atoms with E-state index in [1.165, 1.54) is 302 Å². The van der Waals surface area contributed by atoms with Crippen LogP contribution < -0.4 is 0 Å². The minimum atomic E-state index is 1.03. The third-order valence-electron chi connectivity index (χ3n) is 12.4. The first-order valence-electron chi connectivity index (χ1n) is 25.3. The molecule has 0 amide bonds. The highest BCUT2D eigenvalue weighted by atomic mass is 14.1. The van der Waals surface area contributed by atoms with Crippen LogP contribution in [0.4, 0.5) is 0 Å². The predicted octanol–water partition coefficient (Wildman–Crippen LogP) is 20.0. The monoisotopic (exact) mass is 717 g/mol. The van der Waals surface area contributed by atoms with E-state index < -0.39 is 0 Å². The third-order valence-corrected chi connectivity index (χ3v) is 12.4. The second-order valence-corrected chi connectivity index (χ2v) is 17.7. The van der Waals surface area contributed by atoms with E-state index in [1.807, 2.05) is 0 Å². The van der Waals surface area contributed by atoms with Crippen molar-refractivity contribution in [3.8, 4) is 0 Å². The van der Waals surface area contributed by atoms with Gasteiger partial charge in [0.1, 0.15) is 0 Å². The molecule has 0 aromatic rings. The lowest BCUT2D eigenvalue weighted by atomic mass is 9.90. The molecule has 0 aliphatic heterocycles. The zero-order valence-electron chi connectivity index (χ0n) is 36.8. The lowest BCUT2D eigenvalue weighted by Crippen LogP contribution is -2.00. The van der Waals surface area contributed by atoms with Gasteiger partial charge in [-0.25, -0.2) is 0 Å². The predicted molar refractivity (Wildman–Crippen MR) is 238 cm³/mol. The molecule has 0 aliphatic carbocycles. The van der Waals surface area contributed by atoms with Gasteiger partial charge in [-0.05, 0) is 5.92 Å². The Balaban J connectivity index is 3.31. The van der Waals surface area contributed by atoms with Crippen LogP contribution in [0.2, 0.25) is 0 Å². The highest BCUT2D eigenvalue weighted by molar-refractivity contribution is 4.61. The maximum atomic E-state index is 2.41. The Bertz CT molecular complexity index is 564. The summed E-state index contributed by atoms with van der Waals surface area (Å²) in [6.45, 7) is 7.03. The Morgan fingerprint density at radius 1 is 0.157 bits per heavy atom. The van der Waals surface area contributed by atoms with Crippen LogP contribution in [0.15, 0.2) is 0 Å². The van der Waals surface area contributed by atoms with Crippen molar-refractivity contribution in [3.05, 3.63) is 0 Å². The molecule has 0 aliphatic rings. The fourth-order valence-electron chi connectivity index (χ4n) is 8.75. The zero-order valence-corrected chi connectivity index (χ0v) is 36.8. The van der Waals surface area contributed by atoms with Crippen molar-refractivity contribution in [2.24, 2.45) is 5.92 Å². The summed E-state index contributed by atoms with van der Waals surface area (Å²) in [5, 5.41) is 0. The number of hydrogen-bond acceptors (Lipinski definition) is 0. The second kappa shape index (κ2) is 48.0. The summed E-state index contributed by atoms with van der Waals surface area (Å²) in [4.78, 5) is 0. The van der Waals surface area contributed by atoms with Crippen LogP contribution >= 0.6 is 0 Å². The van der Waals surface area contributed by atoms with Crippen LogP contribution in [-0.4, -0.2) is 0 Å². The Morgan fingerprint density at radius 2 is 0.314 bits per heavy atom. The van der Waals surface area contributed by atoms with Crippen LogP contribution in [0.3, 0.4) is 0 Å². The van der Waals surface area contributed by atoms with Gasteiger partial charge < -0.3 is 0 Å². The van der Waals surface area contributed by atoms with Crippen molar-refractivity contribution in [3.63, 3.8) is 0 Å². The van der Waals surface area contributed by atoms with E-state index >= 15 is 0 Å². The highest BCUT2D eigenvalue weighted by Crippen LogP contribution is 2.24. The smallest absolute Gasteiger partial charge is 0.0414 e. The molecule has 1 unspecified atom stereocenters. The molecule has 0 saturated heterocycles. The zero-order chi connectivity index (χ0) is 36.8. The van der Waals surface area contributed by atoms with Crippen molar-refractivity contribution in [1.82, 2.24) is 0 Å². The Morgan fingerprint density at radius 3 is 0.471 bits per heavy atom. The number of rotatable bonds is 47. The largest absolute Gasteiger partial charge is 0.0654 e. The molecular formula is C51H104. The molecule has 0 bridgehead atoms. The molecule has 0 heteroatoms. The Labute approximate surface area is 327 Å². The molecule has 0 rings (SSSR count). The Kier molecular flexibility index (Phi) is 48.0. The summed E-state index contributed by atoms with van der Waals surface area (Å²) in [6, 6.07) is 0. The number of unbranched alkanes of at least 4 members (excludes halogenated alkanes) is 41. The molecule has 1 atom stereocenters. The van der Waals surface area contributed by atoms with Crippen molar-refractivity contribution in [1.29, 1.82) is 0 Å². The number of hydrogen-bond donors (Lipinski definition) is 0. The summed E-state index contributed by atoms with van der Waals surface area (Å²) >= 11 is 0. The van der Waals surface area contributed by atoms with Gasteiger partial charge in [0.25, 0.3) is 0 Å². The van der Waals surface area contributed by atoms with E-state index in [9.17, 15) is 0 Å². The van der Waals surface area contributed by atoms with Crippen molar-refractivity contribution < 1.29 is 0 Å². The van der Waals surface area contributed by atoms with Gasteiger partial charge >= 0.3 is 0 Å². The van der Waals surface area contributed by atoms with Crippen molar-refractivity contribution >= 4 is 0 Å². The van der Waals surface area contributed by atoms with Crippen LogP contribution in [0.25, 0.3) is 0 Å². The summed E-state index contributed by atoms with van der Waals surface area (Å²) in [7, 11) is 0. The molecule has 0 N–H and O–H groups in total. The van der Waals surface area contributed by atoms with Gasteiger partial charge in [0, 0.05) is 0 Å². The summed E-state index contributed by atoms with van der Waals surface area (Å²) in [6.07, 6.45) is 69.8. The Hall–Kier alpha value is 0. The molecule has 308 valence electrons. The van der Waals surface area contributed by atoms with Gasteiger partial charge in [0.2, 0.25) is 0 Å². The molecule has 0 saturated carbocycles. The standard InChI is InChI=1S/C51H104/c1-4-7-9-11-13-15-17-19-21-23-25-27-29-31-33-35-37-39-41-43-45-47-50-51(48-6-3)49-46-44-42-40-38-36-34-32-30-28-26-24-22-20-18-16-14-12-10-8-5-2/h51H,4-50H2,1-3H3. The highest BCUT2D eigenvalue weighted by Gasteiger charge is 2.07. The average Bonchev–Trinajstić information content (AvgIpc) is 3.14. The van der Waals surface area contributed by atoms with Gasteiger partial charge in [0.15, 0.2) is 0 Å². The average molecular weight is 717 g/mol. The SMILES string of the molecule is CCCCCCCCCCCCCCCCCCCCCCCCC(CCC)CCCCCCCCCCCCCCCCCCCCCCC. The van der Waals surface area contributed by atoms with Crippen LogP contribution in [0.1, 0.15) is 323 Å². The second-order valence-electron chi connectivity index (χ2n) is 17.7. The van der Waals surface area contributed by atoms with Gasteiger partial charge in [-0.2, -0.15) is 0 Å². The summed E-state index contributed by atoms with van der Waals surface area (Å²) < 4.78 is 0. The minimum absolute atomic E-state index is 1.03. The van der Waals surface area contributed by atoms with Crippen LogP contribution in [-0.2, 0) is 0 Å². The summed E-state index contributed by atoms with van der Waals surface area (Å²) in [5.74, 6) is 1.03. The van der Waals surface area contributed by atoms with Crippen molar-refractivity contribution in [2.75, 3.05) is 0 Å². The van der Waals surface area contributed by atoms with E-state index in [-0.39, 0.29) is 0 Å². The molecule has 0 nitrogen and oxygen atoms in total. The van der Waals surface area contributed by atoms with Gasteiger partial charge in [-0.15, -0.1) is 0 Å². The van der Waals surface area contributed by atoms with Gasteiger partial charge in [-0.3, -0.25) is 0 Å². The lowest BCUT2D eigenvalue weighted by Gasteiger charge is -2.16. The van der Waals surface area contributed by atoms with E-state index in [4.69, 9.17) is 0 Å². The third kappa shape index (κ3) is 46.1. The molecule has 51 heavy (non-hydrogen) atoms. The topological polar surface area (TPSA) is 0 Å². The first kappa shape index (κ1) is 51.0. The first-order valence-corrected chi connectivity index (χ1v) is 25.3. The van der Waals surface area contributed by atoms with E-state index in [1.54, 1.807) is 0 Å². The van der Waals surface area contributed by atoms with Gasteiger partial charge in [0.05, 0.1) is 0 Å². The first-order chi connectivity index (χ1) is 25.3. The molecule has 0 spiro atoms. The van der Waals surface area contributed by atoms with Crippen LogP contribution in [0.5, 0.6) is 0 Å². The fraction of sp³-hybridized carbons (Fsp3) is 1.00. The molecule has 0 aromatic carbocycles. The molecule has 0 aromatic heterocycles. The maximum absolute atomic E-state index is 2.41.